The highest BCUT2D eigenvalue weighted by Crippen LogP contribution is 2.32. The Morgan fingerprint density at radius 3 is 2.30 bits per heavy atom. The van der Waals surface area contributed by atoms with Gasteiger partial charge in [0.05, 0.1) is 23.4 Å². The molecule has 0 saturated heterocycles. The minimum absolute atomic E-state index is 0.0333. The number of nitrogens with zero attached hydrogens (tertiary/aromatic N) is 1. The van der Waals surface area contributed by atoms with E-state index in [1.54, 1.807) is 42.5 Å². The smallest absolute Gasteiger partial charge is 0.234 e. The second-order valence-corrected chi connectivity index (χ2v) is 9.79. The van der Waals surface area contributed by atoms with E-state index >= 15 is 0 Å². The fraction of sp³-hybridized carbons (Fsp3) is 0.0833. The van der Waals surface area contributed by atoms with Gasteiger partial charge in [-0.05, 0) is 24.3 Å². The summed E-state index contributed by atoms with van der Waals surface area (Å²) in [6.45, 7) is 0. The molecule has 0 unspecified atom stereocenters. The summed E-state index contributed by atoms with van der Waals surface area (Å²) in [7, 11) is -2.34. The number of nitrogens with one attached hydrogen (secondary N) is 2. The molecule has 33 heavy (non-hydrogen) atoms. The summed E-state index contributed by atoms with van der Waals surface area (Å²) >= 11 is 1.05. The van der Waals surface area contributed by atoms with Gasteiger partial charge in [-0.25, -0.2) is 13.4 Å². The maximum absolute atomic E-state index is 13.3. The Bertz CT molecular complexity index is 1350. The van der Waals surface area contributed by atoms with Crippen molar-refractivity contribution in [3.05, 3.63) is 84.9 Å². The predicted molar refractivity (Wildman–Crippen MR) is 128 cm³/mol. The van der Waals surface area contributed by atoms with Gasteiger partial charge in [0.2, 0.25) is 15.7 Å². The van der Waals surface area contributed by atoms with Crippen LogP contribution >= 0.6 is 11.8 Å². The monoisotopic (exact) mass is 479 g/mol. The van der Waals surface area contributed by atoms with Crippen LogP contribution in [-0.4, -0.2) is 37.2 Å². The van der Waals surface area contributed by atoms with Crippen molar-refractivity contribution in [3.8, 4) is 17.1 Å². The zero-order valence-electron chi connectivity index (χ0n) is 17.7. The topological polar surface area (TPSA) is 101 Å². The van der Waals surface area contributed by atoms with Crippen LogP contribution in [0.2, 0.25) is 0 Å². The fourth-order valence-electron chi connectivity index (χ4n) is 3.14. The van der Waals surface area contributed by atoms with Crippen LogP contribution in [0.15, 0.2) is 99.9 Å². The molecule has 0 fully saturated rings. The Morgan fingerprint density at radius 2 is 1.61 bits per heavy atom. The minimum atomic E-state index is -3.86. The van der Waals surface area contributed by atoms with Crippen LogP contribution in [0.4, 0.5) is 5.69 Å². The number of amides is 1. The molecule has 0 bridgehead atoms. The third kappa shape index (κ3) is 5.10. The third-order valence-corrected chi connectivity index (χ3v) is 7.56. The summed E-state index contributed by atoms with van der Waals surface area (Å²) in [6.07, 6.45) is 0. The second-order valence-electron chi connectivity index (χ2n) is 6.94. The highest BCUT2D eigenvalue weighted by atomic mass is 32.2. The van der Waals surface area contributed by atoms with E-state index in [1.807, 2.05) is 30.3 Å². The number of carbonyl (C=O) groups is 1. The molecule has 0 aliphatic heterocycles. The number of ether oxygens (including phenoxy) is 1. The van der Waals surface area contributed by atoms with Gasteiger partial charge in [-0.2, -0.15) is 0 Å². The Hall–Kier alpha value is -3.56. The lowest BCUT2D eigenvalue weighted by Crippen LogP contribution is -2.15. The Balaban J connectivity index is 1.63. The summed E-state index contributed by atoms with van der Waals surface area (Å²) in [4.78, 5) is 20.2. The fourth-order valence-corrected chi connectivity index (χ4v) is 5.58. The Morgan fingerprint density at radius 1 is 0.970 bits per heavy atom. The van der Waals surface area contributed by atoms with Crippen molar-refractivity contribution in [2.24, 2.45) is 0 Å². The van der Waals surface area contributed by atoms with Crippen LogP contribution in [-0.2, 0) is 14.6 Å². The van der Waals surface area contributed by atoms with E-state index < -0.39 is 9.84 Å². The van der Waals surface area contributed by atoms with Crippen molar-refractivity contribution < 1.29 is 17.9 Å². The van der Waals surface area contributed by atoms with Gasteiger partial charge in [0.1, 0.15) is 16.6 Å². The van der Waals surface area contributed by atoms with Gasteiger partial charge < -0.3 is 15.0 Å². The lowest BCUT2D eigenvalue weighted by Gasteiger charge is -2.09. The average molecular weight is 480 g/mol. The third-order valence-electron chi connectivity index (χ3n) is 4.73. The van der Waals surface area contributed by atoms with Crippen LogP contribution < -0.4 is 10.1 Å². The molecule has 0 aliphatic carbocycles. The number of methoxy groups -OCH3 is 1. The number of benzene rings is 3. The molecule has 168 valence electrons. The number of carbonyl (C=O) groups excluding carboxylic acids is 1. The first-order valence-electron chi connectivity index (χ1n) is 10.0. The van der Waals surface area contributed by atoms with Crippen LogP contribution in [0, 0.1) is 0 Å². The van der Waals surface area contributed by atoms with Gasteiger partial charge in [0.15, 0.2) is 5.03 Å². The maximum Gasteiger partial charge on any atom is 0.234 e. The number of aromatic nitrogens is 2. The van der Waals surface area contributed by atoms with E-state index in [4.69, 9.17) is 4.74 Å². The molecule has 0 saturated carbocycles. The van der Waals surface area contributed by atoms with Crippen LogP contribution in [0.25, 0.3) is 11.4 Å². The highest BCUT2D eigenvalue weighted by molar-refractivity contribution is 8.00. The normalized spacial score (nSPS) is 11.2. The molecule has 1 amide bonds. The molecule has 0 atom stereocenters. The largest absolute Gasteiger partial charge is 0.495 e. The number of hydrogen-bond donors (Lipinski definition) is 2. The van der Waals surface area contributed by atoms with E-state index in [0.717, 1.165) is 17.3 Å². The summed E-state index contributed by atoms with van der Waals surface area (Å²) in [5.74, 6) is 0.609. The van der Waals surface area contributed by atoms with Crippen molar-refractivity contribution in [3.63, 3.8) is 0 Å². The average Bonchev–Trinajstić information content (AvgIpc) is 3.29. The van der Waals surface area contributed by atoms with E-state index in [-0.39, 0.29) is 26.6 Å². The van der Waals surface area contributed by atoms with Crippen molar-refractivity contribution in [1.29, 1.82) is 0 Å². The first-order chi connectivity index (χ1) is 16.0. The number of anilines is 1. The number of para-hydroxylation sites is 2. The van der Waals surface area contributed by atoms with Gasteiger partial charge in [-0.1, -0.05) is 72.4 Å². The van der Waals surface area contributed by atoms with E-state index in [1.165, 1.54) is 19.2 Å². The van der Waals surface area contributed by atoms with Gasteiger partial charge in [0.25, 0.3) is 0 Å². The van der Waals surface area contributed by atoms with Crippen molar-refractivity contribution in [2.75, 3.05) is 18.2 Å². The maximum atomic E-state index is 13.3. The Labute approximate surface area is 196 Å². The van der Waals surface area contributed by atoms with Crippen molar-refractivity contribution in [1.82, 2.24) is 9.97 Å². The standard InChI is InChI=1S/C24H21N3O4S2/c1-31-20-15-9-8-14-19(20)25-21(28)16-32-23-24(33(29,30)18-12-6-3-7-13-18)27-22(26-23)17-10-4-2-5-11-17/h2-15H,16H2,1H3,(H,25,28)(H,26,27). The molecule has 9 heteroatoms. The number of aromatic amines is 1. The van der Waals surface area contributed by atoms with Gasteiger partial charge in [-0.3, -0.25) is 4.79 Å². The molecule has 4 aromatic rings. The number of H-pyrrole nitrogens is 1. The van der Waals surface area contributed by atoms with Crippen LogP contribution in [0.1, 0.15) is 0 Å². The van der Waals surface area contributed by atoms with Gasteiger partial charge in [0, 0.05) is 5.56 Å². The predicted octanol–water partition coefficient (Wildman–Crippen LogP) is 4.65. The summed E-state index contributed by atoms with van der Waals surface area (Å²) in [5, 5.41) is 2.98. The van der Waals surface area contributed by atoms with Crippen molar-refractivity contribution >= 4 is 33.2 Å². The van der Waals surface area contributed by atoms with E-state index in [9.17, 15) is 13.2 Å². The SMILES string of the molecule is COc1ccccc1NC(=O)CSc1nc(-c2ccccc2)[nH]c1S(=O)(=O)c1ccccc1. The van der Waals surface area contributed by atoms with Gasteiger partial charge in [-0.15, -0.1) is 0 Å². The van der Waals surface area contributed by atoms with Crippen molar-refractivity contribution in [2.45, 2.75) is 14.9 Å². The summed E-state index contributed by atoms with van der Waals surface area (Å²) in [6, 6.07) is 24.4. The molecule has 3 aromatic carbocycles. The number of thioether (sulfide) groups is 1. The molecule has 1 aromatic heterocycles. The molecule has 2 N–H and O–H groups in total. The molecular weight excluding hydrogens is 458 g/mol. The molecular formula is C24H21N3O4S2. The minimum Gasteiger partial charge on any atom is -0.495 e. The zero-order valence-corrected chi connectivity index (χ0v) is 19.3. The molecule has 7 nitrogen and oxygen atoms in total. The first kappa shape index (κ1) is 22.6. The number of rotatable bonds is 8. The molecule has 0 aliphatic rings. The number of imidazole rings is 1. The first-order valence-corrected chi connectivity index (χ1v) is 12.5. The lowest BCUT2D eigenvalue weighted by molar-refractivity contribution is -0.113. The molecule has 1 heterocycles. The highest BCUT2D eigenvalue weighted by Gasteiger charge is 2.26. The second kappa shape index (κ2) is 9.93. The molecule has 4 rings (SSSR count). The molecule has 0 spiro atoms. The molecule has 0 radical (unpaired) electrons. The lowest BCUT2D eigenvalue weighted by atomic mass is 10.2. The number of sulfone groups is 1. The summed E-state index contributed by atoms with van der Waals surface area (Å²) in [5.41, 5.74) is 1.28. The van der Waals surface area contributed by atoms with Crippen LogP contribution in [0.3, 0.4) is 0 Å². The Kier molecular flexibility index (Phi) is 6.81. The van der Waals surface area contributed by atoms with Crippen LogP contribution in [0.5, 0.6) is 5.75 Å². The van der Waals surface area contributed by atoms with Gasteiger partial charge >= 0.3 is 0 Å². The zero-order chi connectivity index (χ0) is 23.3. The van der Waals surface area contributed by atoms with E-state index in [2.05, 4.69) is 15.3 Å². The van der Waals surface area contributed by atoms with E-state index in [0.29, 0.717) is 17.3 Å². The number of hydrogen-bond acceptors (Lipinski definition) is 6. The summed E-state index contributed by atoms with van der Waals surface area (Å²) < 4.78 is 31.9. The quantitative estimate of drug-likeness (QED) is 0.357.